The number of hydrogen-bond acceptors (Lipinski definition) is 5. The van der Waals surface area contributed by atoms with E-state index >= 15 is 0 Å². The molecule has 7 nitrogen and oxygen atoms in total. The molecule has 0 spiro atoms. The summed E-state index contributed by atoms with van der Waals surface area (Å²) >= 11 is 0. The number of carbonyl (C=O) groups excluding carboxylic acids is 1. The molecule has 1 aliphatic carbocycles. The van der Waals surface area contributed by atoms with E-state index in [0.717, 1.165) is 34.9 Å². The van der Waals surface area contributed by atoms with Gasteiger partial charge in [0.25, 0.3) is 5.91 Å². The van der Waals surface area contributed by atoms with Crippen LogP contribution in [0.3, 0.4) is 0 Å². The number of aliphatic hydroxyl groups excluding tert-OH is 1. The van der Waals surface area contributed by atoms with E-state index < -0.39 is 6.10 Å². The summed E-state index contributed by atoms with van der Waals surface area (Å²) in [7, 11) is 0. The summed E-state index contributed by atoms with van der Waals surface area (Å²) in [6.45, 7) is 7.11. The topological polar surface area (TPSA) is 80.0 Å². The van der Waals surface area contributed by atoms with Crippen molar-refractivity contribution in [3.8, 4) is 5.75 Å². The Morgan fingerprint density at radius 1 is 1.03 bits per heavy atom. The fraction of sp³-hybridized carbons (Fsp3) is 0.458. The van der Waals surface area contributed by atoms with E-state index in [9.17, 15) is 9.90 Å². The Kier molecular flexibility index (Phi) is 4.93. The van der Waals surface area contributed by atoms with Gasteiger partial charge >= 0.3 is 0 Å². The van der Waals surface area contributed by atoms with Gasteiger partial charge in [-0.3, -0.25) is 14.2 Å². The highest BCUT2D eigenvalue weighted by Gasteiger charge is 2.44. The molecule has 5 rings (SSSR count). The van der Waals surface area contributed by atoms with Gasteiger partial charge in [-0.15, -0.1) is 0 Å². The maximum atomic E-state index is 13.4. The zero-order valence-electron chi connectivity index (χ0n) is 18.2. The number of aromatic nitrogens is 3. The van der Waals surface area contributed by atoms with Gasteiger partial charge < -0.3 is 14.7 Å². The third-order valence-electron chi connectivity index (χ3n) is 6.73. The molecule has 0 aromatic carbocycles. The third-order valence-corrected chi connectivity index (χ3v) is 6.73. The summed E-state index contributed by atoms with van der Waals surface area (Å²) in [4.78, 5) is 24.3. The van der Waals surface area contributed by atoms with Crippen LogP contribution >= 0.6 is 0 Å². The number of aliphatic hydroxyl groups is 1. The Balaban J connectivity index is 1.32. The van der Waals surface area contributed by atoms with E-state index in [1.807, 2.05) is 66.6 Å². The van der Waals surface area contributed by atoms with E-state index in [0.29, 0.717) is 31.1 Å². The number of carbonyl (C=O) groups is 1. The van der Waals surface area contributed by atoms with Crippen LogP contribution in [-0.2, 0) is 0 Å². The summed E-state index contributed by atoms with van der Waals surface area (Å²) in [5.74, 6) is 1.34. The lowest BCUT2D eigenvalue weighted by Gasteiger charge is -2.35. The SMILES string of the molecule is Cc1ccc(O[C@@H]2C[C@@H]3CN(C(=O)c4c(C)nc5ccccn45)C[C@@H]3C[C@H]2O)c(C)n1. The molecule has 3 aromatic rings. The summed E-state index contributed by atoms with van der Waals surface area (Å²) in [6, 6.07) is 9.60. The molecule has 4 atom stereocenters. The Bertz CT molecular complexity index is 1140. The molecule has 1 N–H and O–H groups in total. The largest absolute Gasteiger partial charge is 0.486 e. The van der Waals surface area contributed by atoms with Crippen molar-refractivity contribution in [2.24, 2.45) is 11.8 Å². The summed E-state index contributed by atoms with van der Waals surface area (Å²) in [6.07, 6.45) is 2.43. The van der Waals surface area contributed by atoms with Crippen molar-refractivity contribution in [3.63, 3.8) is 0 Å². The van der Waals surface area contributed by atoms with Crippen LogP contribution in [0.4, 0.5) is 0 Å². The molecule has 7 heteroatoms. The van der Waals surface area contributed by atoms with Crippen LogP contribution in [-0.4, -0.2) is 55.6 Å². The van der Waals surface area contributed by atoms with E-state index in [2.05, 4.69) is 9.97 Å². The average molecular weight is 421 g/mol. The molecule has 0 unspecified atom stereocenters. The average Bonchev–Trinajstić information content (AvgIpc) is 3.29. The Morgan fingerprint density at radius 3 is 2.58 bits per heavy atom. The van der Waals surface area contributed by atoms with E-state index in [-0.39, 0.29) is 17.9 Å². The number of rotatable bonds is 3. The van der Waals surface area contributed by atoms with Crippen molar-refractivity contribution in [2.75, 3.05) is 13.1 Å². The highest BCUT2D eigenvalue weighted by Crippen LogP contribution is 2.39. The lowest BCUT2D eigenvalue weighted by Crippen LogP contribution is -2.42. The van der Waals surface area contributed by atoms with Crippen LogP contribution in [0.1, 0.15) is 40.4 Å². The van der Waals surface area contributed by atoms with Gasteiger partial charge in [0.1, 0.15) is 23.2 Å². The molecular formula is C24H28N4O3. The number of hydrogen-bond donors (Lipinski definition) is 1. The van der Waals surface area contributed by atoms with E-state index in [1.165, 1.54) is 0 Å². The van der Waals surface area contributed by atoms with Crippen molar-refractivity contribution in [3.05, 3.63) is 59.3 Å². The smallest absolute Gasteiger partial charge is 0.272 e. The maximum Gasteiger partial charge on any atom is 0.272 e. The van der Waals surface area contributed by atoms with Crippen LogP contribution in [0, 0.1) is 32.6 Å². The first-order valence-corrected chi connectivity index (χ1v) is 10.9. The first-order chi connectivity index (χ1) is 14.9. The minimum Gasteiger partial charge on any atom is -0.486 e. The van der Waals surface area contributed by atoms with E-state index in [1.54, 1.807) is 0 Å². The Hall–Kier alpha value is -2.93. The van der Waals surface area contributed by atoms with Gasteiger partial charge in [0.15, 0.2) is 0 Å². The number of imidazole rings is 1. The molecule has 0 bridgehead atoms. The van der Waals surface area contributed by atoms with Crippen molar-refractivity contribution in [2.45, 2.75) is 45.8 Å². The minimum absolute atomic E-state index is 0.0103. The van der Waals surface area contributed by atoms with Gasteiger partial charge in [0.05, 0.1) is 17.5 Å². The van der Waals surface area contributed by atoms with Crippen molar-refractivity contribution < 1.29 is 14.6 Å². The quantitative estimate of drug-likeness (QED) is 0.705. The molecule has 1 saturated heterocycles. The lowest BCUT2D eigenvalue weighted by atomic mass is 9.78. The number of aryl methyl sites for hydroxylation is 3. The third kappa shape index (κ3) is 3.57. The number of likely N-dealkylation sites (tertiary alicyclic amines) is 1. The first-order valence-electron chi connectivity index (χ1n) is 10.9. The fourth-order valence-corrected chi connectivity index (χ4v) is 5.17. The van der Waals surface area contributed by atoms with Gasteiger partial charge in [0.2, 0.25) is 0 Å². The summed E-state index contributed by atoms with van der Waals surface area (Å²) in [5, 5.41) is 10.8. The van der Waals surface area contributed by atoms with Gasteiger partial charge in [-0.1, -0.05) is 6.07 Å². The zero-order valence-corrected chi connectivity index (χ0v) is 18.2. The molecule has 1 saturated carbocycles. The van der Waals surface area contributed by atoms with Gasteiger partial charge in [0, 0.05) is 25.0 Å². The number of ether oxygens (including phenoxy) is 1. The molecule has 4 heterocycles. The van der Waals surface area contributed by atoms with Crippen molar-refractivity contribution in [1.29, 1.82) is 0 Å². The van der Waals surface area contributed by atoms with Gasteiger partial charge in [-0.25, -0.2) is 4.98 Å². The molecule has 1 aliphatic heterocycles. The second-order valence-electron chi connectivity index (χ2n) is 8.94. The predicted molar refractivity (Wildman–Crippen MR) is 116 cm³/mol. The zero-order chi connectivity index (χ0) is 21.7. The van der Waals surface area contributed by atoms with Crippen LogP contribution in [0.2, 0.25) is 0 Å². The number of amides is 1. The normalized spacial score (nSPS) is 25.6. The van der Waals surface area contributed by atoms with E-state index in [4.69, 9.17) is 4.74 Å². The highest BCUT2D eigenvalue weighted by atomic mass is 16.5. The van der Waals surface area contributed by atoms with Crippen molar-refractivity contribution >= 4 is 11.6 Å². The Labute approximate surface area is 181 Å². The summed E-state index contributed by atoms with van der Waals surface area (Å²) in [5.41, 5.74) is 3.94. The van der Waals surface area contributed by atoms with Gasteiger partial charge in [-0.2, -0.15) is 0 Å². The van der Waals surface area contributed by atoms with Crippen molar-refractivity contribution in [1.82, 2.24) is 19.3 Å². The fourth-order valence-electron chi connectivity index (χ4n) is 5.17. The predicted octanol–water partition coefficient (Wildman–Crippen LogP) is 2.95. The monoisotopic (exact) mass is 420 g/mol. The van der Waals surface area contributed by atoms with Gasteiger partial charge in [-0.05, 0) is 69.7 Å². The molecule has 2 aliphatic rings. The molecule has 1 amide bonds. The van der Waals surface area contributed by atoms with Crippen LogP contribution in [0.5, 0.6) is 5.75 Å². The molecule has 0 radical (unpaired) electrons. The molecular weight excluding hydrogens is 392 g/mol. The Morgan fingerprint density at radius 2 is 1.81 bits per heavy atom. The van der Waals surface area contributed by atoms with Crippen LogP contribution in [0.15, 0.2) is 36.5 Å². The highest BCUT2D eigenvalue weighted by molar-refractivity contribution is 5.95. The molecule has 2 fully saturated rings. The molecule has 162 valence electrons. The van der Waals surface area contributed by atoms with Crippen LogP contribution in [0.25, 0.3) is 5.65 Å². The number of fused-ring (bicyclic) bond motifs is 2. The minimum atomic E-state index is -0.547. The first kappa shape index (κ1) is 20.0. The number of nitrogens with zero attached hydrogens (tertiary/aromatic N) is 4. The second kappa shape index (κ2) is 7.64. The number of pyridine rings is 2. The summed E-state index contributed by atoms with van der Waals surface area (Å²) < 4.78 is 8.04. The molecule has 3 aromatic heterocycles. The maximum absolute atomic E-state index is 13.4. The van der Waals surface area contributed by atoms with Crippen LogP contribution < -0.4 is 4.74 Å². The molecule has 31 heavy (non-hydrogen) atoms. The lowest BCUT2D eigenvalue weighted by molar-refractivity contribution is -0.0236. The standard InChI is InChI=1S/C24H28N4O3/c1-14-7-8-20(15(2)25-14)31-21-11-18-13-27(12-17(18)10-19(21)29)24(30)23-16(3)26-22-6-4-5-9-28(22)23/h4-9,17-19,21,29H,10-13H2,1-3H3/t17-,18+,19+,21+/m0/s1. The second-order valence-corrected chi connectivity index (χ2v) is 8.94.